The second kappa shape index (κ2) is 11.3. The number of likely N-dealkylation sites (tertiary alicyclic amines) is 1. The number of hydrogen-bond acceptors (Lipinski definition) is 4. The lowest BCUT2D eigenvalue weighted by atomic mass is 9.59. The van der Waals surface area contributed by atoms with Gasteiger partial charge < -0.3 is 20.3 Å². The highest BCUT2D eigenvalue weighted by molar-refractivity contribution is 6.31. The standard InChI is InChI=1S/C34H33Cl2N3O3/c1-4-21-8-11-30(42-25-12-14-39(15-13-25)20(2)3)26(16-21)32-34(27-10-9-24(36)18-29(27)37-33(34)41)28(19-31(40)38-32)22-6-5-7-23(35)17-22/h1,5-11,16-18,20,25,28,32H,12-15,19H2,2-3H3,(H,37,41)(H,38,40)/t28-,32+,34?/m0/s1. The summed E-state index contributed by atoms with van der Waals surface area (Å²) in [5, 5.41) is 7.31. The van der Waals surface area contributed by atoms with Gasteiger partial charge in [0.1, 0.15) is 17.3 Å². The summed E-state index contributed by atoms with van der Waals surface area (Å²) in [6.45, 7) is 6.29. The van der Waals surface area contributed by atoms with Crippen LogP contribution in [0.3, 0.4) is 0 Å². The lowest BCUT2D eigenvalue weighted by Gasteiger charge is -2.47. The fourth-order valence-electron chi connectivity index (χ4n) is 6.93. The van der Waals surface area contributed by atoms with Crippen LogP contribution in [0.2, 0.25) is 10.0 Å². The Morgan fingerprint density at radius 1 is 1.02 bits per heavy atom. The molecule has 3 aliphatic heterocycles. The van der Waals surface area contributed by atoms with E-state index in [1.54, 1.807) is 18.2 Å². The van der Waals surface area contributed by atoms with Crippen LogP contribution in [0.4, 0.5) is 5.69 Å². The van der Waals surface area contributed by atoms with Gasteiger partial charge in [0.2, 0.25) is 11.8 Å². The van der Waals surface area contributed by atoms with E-state index in [4.69, 9.17) is 34.4 Å². The molecule has 2 N–H and O–H groups in total. The summed E-state index contributed by atoms with van der Waals surface area (Å²) in [6, 6.07) is 18.1. The number of nitrogens with one attached hydrogen (secondary N) is 2. The van der Waals surface area contributed by atoms with Crippen molar-refractivity contribution in [1.29, 1.82) is 0 Å². The molecule has 0 aliphatic carbocycles. The van der Waals surface area contributed by atoms with Crippen molar-refractivity contribution in [3.05, 3.63) is 93.0 Å². The van der Waals surface area contributed by atoms with Crippen LogP contribution in [0.5, 0.6) is 5.75 Å². The van der Waals surface area contributed by atoms with Crippen molar-refractivity contribution in [2.75, 3.05) is 18.4 Å². The van der Waals surface area contributed by atoms with Crippen LogP contribution in [0, 0.1) is 12.3 Å². The monoisotopic (exact) mass is 601 g/mol. The molecule has 0 bridgehead atoms. The third-order valence-electron chi connectivity index (χ3n) is 8.99. The Morgan fingerprint density at radius 3 is 2.50 bits per heavy atom. The van der Waals surface area contributed by atoms with E-state index in [-0.39, 0.29) is 24.3 Å². The van der Waals surface area contributed by atoms with Gasteiger partial charge in [-0.25, -0.2) is 0 Å². The summed E-state index contributed by atoms with van der Waals surface area (Å²) in [5.41, 5.74) is 2.28. The minimum absolute atomic E-state index is 0.00194. The number of ether oxygens (including phenoxy) is 1. The number of rotatable bonds is 5. The van der Waals surface area contributed by atoms with Crippen molar-refractivity contribution < 1.29 is 14.3 Å². The van der Waals surface area contributed by atoms with Crippen molar-refractivity contribution in [3.8, 4) is 18.1 Å². The number of amides is 2. The van der Waals surface area contributed by atoms with Crippen molar-refractivity contribution >= 4 is 40.7 Å². The molecule has 0 aromatic heterocycles. The number of anilines is 1. The van der Waals surface area contributed by atoms with E-state index >= 15 is 0 Å². The van der Waals surface area contributed by atoms with Crippen LogP contribution in [0.25, 0.3) is 0 Å². The molecule has 0 radical (unpaired) electrons. The number of carbonyl (C=O) groups excluding carboxylic acids is 2. The van der Waals surface area contributed by atoms with Gasteiger partial charge in [0, 0.05) is 58.3 Å². The number of nitrogens with zero attached hydrogens (tertiary/aromatic N) is 1. The third-order valence-corrected chi connectivity index (χ3v) is 9.46. The van der Waals surface area contributed by atoms with Crippen LogP contribution in [-0.4, -0.2) is 41.9 Å². The van der Waals surface area contributed by atoms with Gasteiger partial charge in [-0.2, -0.15) is 0 Å². The molecule has 3 heterocycles. The van der Waals surface area contributed by atoms with E-state index in [0.717, 1.165) is 37.1 Å². The van der Waals surface area contributed by atoms with Crippen molar-refractivity contribution in [3.63, 3.8) is 0 Å². The molecule has 6 nitrogen and oxygen atoms in total. The van der Waals surface area contributed by atoms with E-state index in [1.165, 1.54) is 0 Å². The Labute approximate surface area is 256 Å². The first-order valence-corrected chi connectivity index (χ1v) is 15.1. The molecule has 3 aliphatic rings. The minimum atomic E-state index is -1.22. The summed E-state index contributed by atoms with van der Waals surface area (Å²) >= 11 is 12.8. The summed E-state index contributed by atoms with van der Waals surface area (Å²) < 4.78 is 6.69. The Morgan fingerprint density at radius 2 is 1.79 bits per heavy atom. The number of benzene rings is 3. The number of hydrogen-bond donors (Lipinski definition) is 2. The van der Waals surface area contributed by atoms with Crippen molar-refractivity contribution in [1.82, 2.24) is 10.2 Å². The first-order valence-electron chi connectivity index (χ1n) is 14.4. The second-order valence-electron chi connectivity index (χ2n) is 11.7. The lowest BCUT2D eigenvalue weighted by molar-refractivity contribution is -0.131. The molecule has 0 saturated carbocycles. The zero-order valence-corrected chi connectivity index (χ0v) is 25.1. The fraction of sp³-hybridized carbons (Fsp3) is 0.353. The van der Waals surface area contributed by atoms with Crippen molar-refractivity contribution in [2.24, 2.45) is 0 Å². The number of fused-ring (bicyclic) bond motifs is 2. The second-order valence-corrected chi connectivity index (χ2v) is 12.5. The molecule has 3 aromatic carbocycles. The summed E-state index contributed by atoms with van der Waals surface area (Å²) in [5.74, 6) is 2.42. The van der Waals surface area contributed by atoms with Gasteiger partial charge in [-0.3, -0.25) is 9.59 Å². The molecular weight excluding hydrogens is 569 g/mol. The molecule has 2 amide bonds. The smallest absolute Gasteiger partial charge is 0.238 e. The van der Waals surface area contributed by atoms with Gasteiger partial charge in [-0.15, -0.1) is 6.42 Å². The van der Waals surface area contributed by atoms with E-state index in [2.05, 4.69) is 35.3 Å². The van der Waals surface area contributed by atoms with Crippen LogP contribution < -0.4 is 15.4 Å². The highest BCUT2D eigenvalue weighted by Crippen LogP contribution is 2.58. The minimum Gasteiger partial charge on any atom is -0.490 e. The Kier molecular flexibility index (Phi) is 7.70. The molecule has 6 rings (SSSR count). The van der Waals surface area contributed by atoms with Crippen molar-refractivity contribution in [2.45, 2.75) is 62.6 Å². The number of piperidine rings is 2. The SMILES string of the molecule is C#Cc1ccc(OC2CCN(C(C)C)CC2)c([C@H]2NC(=O)C[C@@H](c3cccc(Cl)c3)C23C(=O)Nc2cc(Cl)ccc23)c1. The topological polar surface area (TPSA) is 70.7 Å². The molecule has 2 fully saturated rings. The summed E-state index contributed by atoms with van der Waals surface area (Å²) in [6.07, 6.45) is 7.72. The van der Waals surface area contributed by atoms with Gasteiger partial charge in [0.15, 0.2) is 0 Å². The first kappa shape index (κ1) is 28.6. The van der Waals surface area contributed by atoms with Gasteiger partial charge >= 0.3 is 0 Å². The van der Waals surface area contributed by atoms with E-state index < -0.39 is 17.4 Å². The molecule has 2 saturated heterocycles. The van der Waals surface area contributed by atoms with E-state index in [9.17, 15) is 9.59 Å². The third kappa shape index (κ3) is 4.94. The molecule has 3 aromatic rings. The quantitative estimate of drug-likeness (QED) is 0.329. The Balaban J connectivity index is 1.52. The highest BCUT2D eigenvalue weighted by atomic mass is 35.5. The molecule has 8 heteroatoms. The summed E-state index contributed by atoms with van der Waals surface area (Å²) in [7, 11) is 0. The zero-order valence-electron chi connectivity index (χ0n) is 23.6. The van der Waals surface area contributed by atoms with Crippen LogP contribution >= 0.6 is 23.2 Å². The van der Waals surface area contributed by atoms with Crippen LogP contribution in [0.1, 0.15) is 67.3 Å². The normalized spacial score (nSPS) is 24.3. The Bertz CT molecular complexity index is 1590. The van der Waals surface area contributed by atoms with Crippen LogP contribution in [-0.2, 0) is 15.0 Å². The molecule has 42 heavy (non-hydrogen) atoms. The van der Waals surface area contributed by atoms with Gasteiger partial charge in [-0.1, -0.05) is 47.3 Å². The zero-order chi connectivity index (χ0) is 29.6. The Hall–Kier alpha value is -3.50. The van der Waals surface area contributed by atoms with Gasteiger partial charge in [0.25, 0.3) is 0 Å². The predicted octanol–water partition coefficient (Wildman–Crippen LogP) is 6.46. The first-order chi connectivity index (χ1) is 20.2. The summed E-state index contributed by atoms with van der Waals surface area (Å²) in [4.78, 5) is 30.4. The van der Waals surface area contributed by atoms with Gasteiger partial charge in [0.05, 0.1) is 6.04 Å². The van der Waals surface area contributed by atoms with E-state index in [0.29, 0.717) is 38.7 Å². The highest BCUT2D eigenvalue weighted by Gasteiger charge is 2.61. The predicted molar refractivity (Wildman–Crippen MR) is 166 cm³/mol. The number of carbonyl (C=O) groups is 2. The molecule has 1 unspecified atom stereocenters. The maximum atomic E-state index is 14.4. The number of terminal acetylenes is 1. The average Bonchev–Trinajstić information content (AvgIpc) is 3.25. The maximum absolute atomic E-state index is 14.4. The average molecular weight is 603 g/mol. The van der Waals surface area contributed by atoms with E-state index in [1.807, 2.05) is 42.5 Å². The molecule has 1 spiro atoms. The molecule has 216 valence electrons. The molecular formula is C34H33Cl2N3O3. The fourth-order valence-corrected chi connectivity index (χ4v) is 7.30. The van der Waals surface area contributed by atoms with Crippen LogP contribution in [0.15, 0.2) is 60.7 Å². The largest absolute Gasteiger partial charge is 0.490 e. The maximum Gasteiger partial charge on any atom is 0.238 e. The lowest BCUT2D eigenvalue weighted by Crippen LogP contribution is -2.57. The molecule has 3 atom stereocenters. The number of halogens is 2. The van der Waals surface area contributed by atoms with Gasteiger partial charge in [-0.05, 0) is 80.3 Å².